The minimum Gasteiger partial charge on any atom is -0.324 e. The molecule has 1 saturated carbocycles. The van der Waals surface area contributed by atoms with E-state index in [2.05, 4.69) is 10.6 Å². The van der Waals surface area contributed by atoms with Crippen LogP contribution in [0.5, 0.6) is 0 Å². The summed E-state index contributed by atoms with van der Waals surface area (Å²) in [5.74, 6) is 0.383. The Balaban J connectivity index is 1.60. The molecule has 114 valence electrons. The van der Waals surface area contributed by atoms with Gasteiger partial charge in [-0.2, -0.15) is 0 Å². The quantitative estimate of drug-likeness (QED) is 0.892. The van der Waals surface area contributed by atoms with Gasteiger partial charge >= 0.3 is 0 Å². The number of hydrogen-bond acceptors (Lipinski definition) is 2. The molecular formula is C17H23FN2O. The molecule has 3 rings (SSSR count). The minimum absolute atomic E-state index is 0.0605. The Kier molecular flexibility index (Phi) is 4.54. The van der Waals surface area contributed by atoms with Crippen LogP contribution in [0.4, 0.5) is 10.1 Å². The van der Waals surface area contributed by atoms with E-state index < -0.39 is 0 Å². The van der Waals surface area contributed by atoms with Crippen LogP contribution in [0.2, 0.25) is 0 Å². The van der Waals surface area contributed by atoms with Gasteiger partial charge in [-0.3, -0.25) is 4.79 Å². The van der Waals surface area contributed by atoms with Crippen molar-refractivity contribution in [2.45, 2.75) is 51.5 Å². The molecule has 4 heteroatoms. The summed E-state index contributed by atoms with van der Waals surface area (Å²) in [7, 11) is 0. The number of hydrogen-bond donors (Lipinski definition) is 2. The van der Waals surface area contributed by atoms with Gasteiger partial charge in [-0.1, -0.05) is 31.7 Å². The highest BCUT2D eigenvalue weighted by Crippen LogP contribution is 2.29. The van der Waals surface area contributed by atoms with Crippen molar-refractivity contribution in [3.8, 4) is 0 Å². The summed E-state index contributed by atoms with van der Waals surface area (Å²) in [6.45, 7) is 1.51. The second kappa shape index (κ2) is 6.56. The van der Waals surface area contributed by atoms with E-state index in [0.29, 0.717) is 31.0 Å². The van der Waals surface area contributed by atoms with Crippen molar-refractivity contribution in [1.82, 2.24) is 5.32 Å². The first kappa shape index (κ1) is 14.5. The summed E-state index contributed by atoms with van der Waals surface area (Å²) in [6, 6.07) is 3.60. The lowest BCUT2D eigenvalue weighted by Crippen LogP contribution is -2.25. The van der Waals surface area contributed by atoms with Crippen molar-refractivity contribution >= 4 is 11.6 Å². The average molecular weight is 290 g/mol. The number of benzene rings is 1. The van der Waals surface area contributed by atoms with Crippen LogP contribution in [-0.4, -0.2) is 12.5 Å². The Morgan fingerprint density at radius 1 is 1.33 bits per heavy atom. The fourth-order valence-electron chi connectivity index (χ4n) is 3.48. The SMILES string of the molecule is O=C(CCC1CCCC1)Nc1ccc2c(c1F)CCNC2. The van der Waals surface area contributed by atoms with E-state index in [9.17, 15) is 9.18 Å². The van der Waals surface area contributed by atoms with Crippen LogP contribution in [0.25, 0.3) is 0 Å². The molecule has 1 aliphatic heterocycles. The molecule has 1 aromatic rings. The predicted octanol–water partition coefficient (Wildman–Crippen LogP) is 3.38. The summed E-state index contributed by atoms with van der Waals surface area (Å²) < 4.78 is 14.4. The zero-order valence-electron chi connectivity index (χ0n) is 12.4. The maximum absolute atomic E-state index is 14.4. The van der Waals surface area contributed by atoms with Gasteiger partial charge in [0.1, 0.15) is 5.82 Å². The standard InChI is InChI=1S/C17H23FN2O/c18-17-14-9-10-19-11-13(14)6-7-15(17)20-16(21)8-5-12-3-1-2-4-12/h6-7,12,19H,1-5,8-11H2,(H,20,21). The van der Waals surface area contributed by atoms with Crippen molar-refractivity contribution in [3.05, 3.63) is 29.1 Å². The second-order valence-electron chi connectivity index (χ2n) is 6.23. The fourth-order valence-corrected chi connectivity index (χ4v) is 3.48. The fraction of sp³-hybridized carbons (Fsp3) is 0.588. The summed E-state index contributed by atoms with van der Waals surface area (Å²) in [4.78, 5) is 12.0. The summed E-state index contributed by atoms with van der Waals surface area (Å²) in [5, 5.41) is 5.98. The third-order valence-electron chi connectivity index (χ3n) is 4.74. The van der Waals surface area contributed by atoms with Gasteiger partial charge in [0.15, 0.2) is 0 Å². The van der Waals surface area contributed by atoms with E-state index in [1.54, 1.807) is 6.07 Å². The molecule has 0 spiro atoms. The molecule has 0 atom stereocenters. The van der Waals surface area contributed by atoms with Crippen molar-refractivity contribution in [1.29, 1.82) is 0 Å². The Morgan fingerprint density at radius 3 is 2.95 bits per heavy atom. The number of carbonyl (C=O) groups is 1. The monoisotopic (exact) mass is 290 g/mol. The van der Waals surface area contributed by atoms with Crippen molar-refractivity contribution in [2.75, 3.05) is 11.9 Å². The third-order valence-corrected chi connectivity index (χ3v) is 4.74. The Morgan fingerprint density at radius 2 is 2.14 bits per heavy atom. The molecule has 0 radical (unpaired) electrons. The minimum atomic E-state index is -0.247. The molecule has 21 heavy (non-hydrogen) atoms. The Hall–Kier alpha value is -1.42. The van der Waals surface area contributed by atoms with Gasteiger partial charge in [-0.05, 0) is 42.5 Å². The number of nitrogens with one attached hydrogen (secondary N) is 2. The zero-order valence-corrected chi connectivity index (χ0v) is 12.4. The molecule has 2 aliphatic rings. The van der Waals surface area contributed by atoms with Gasteiger partial charge in [-0.15, -0.1) is 0 Å². The molecular weight excluding hydrogens is 267 g/mol. The maximum Gasteiger partial charge on any atom is 0.224 e. The smallest absolute Gasteiger partial charge is 0.224 e. The van der Waals surface area contributed by atoms with Gasteiger partial charge < -0.3 is 10.6 Å². The zero-order chi connectivity index (χ0) is 14.7. The van der Waals surface area contributed by atoms with Crippen LogP contribution in [0.15, 0.2) is 12.1 Å². The highest BCUT2D eigenvalue weighted by Gasteiger charge is 2.19. The topological polar surface area (TPSA) is 41.1 Å². The normalized spacial score (nSPS) is 18.5. The lowest BCUT2D eigenvalue weighted by molar-refractivity contribution is -0.116. The summed E-state index contributed by atoms with van der Waals surface area (Å²) >= 11 is 0. The van der Waals surface area contributed by atoms with Crippen LogP contribution in [-0.2, 0) is 17.8 Å². The van der Waals surface area contributed by atoms with Gasteiger partial charge in [0.25, 0.3) is 0 Å². The summed E-state index contributed by atoms with van der Waals surface area (Å²) in [5.41, 5.74) is 2.09. The van der Waals surface area contributed by atoms with Crippen LogP contribution in [0, 0.1) is 11.7 Å². The molecule has 2 N–H and O–H groups in total. The van der Waals surface area contributed by atoms with Crippen LogP contribution < -0.4 is 10.6 Å². The molecule has 1 aliphatic carbocycles. The molecule has 0 saturated heterocycles. The third kappa shape index (κ3) is 3.43. The summed E-state index contributed by atoms with van der Waals surface area (Å²) in [6.07, 6.45) is 7.19. The van der Waals surface area contributed by atoms with Crippen molar-refractivity contribution in [3.63, 3.8) is 0 Å². The predicted molar refractivity (Wildman–Crippen MR) is 81.6 cm³/mol. The molecule has 0 bridgehead atoms. The van der Waals surface area contributed by atoms with Crippen LogP contribution in [0.3, 0.4) is 0 Å². The molecule has 1 aromatic carbocycles. The molecule has 1 heterocycles. The first-order valence-electron chi connectivity index (χ1n) is 8.05. The highest BCUT2D eigenvalue weighted by atomic mass is 19.1. The van der Waals surface area contributed by atoms with E-state index in [0.717, 1.165) is 24.1 Å². The van der Waals surface area contributed by atoms with Gasteiger partial charge in [0.2, 0.25) is 5.91 Å². The van der Waals surface area contributed by atoms with Crippen molar-refractivity contribution < 1.29 is 9.18 Å². The van der Waals surface area contributed by atoms with Gasteiger partial charge in [-0.25, -0.2) is 4.39 Å². The molecule has 1 amide bonds. The average Bonchev–Trinajstić information content (AvgIpc) is 3.02. The van der Waals surface area contributed by atoms with Crippen LogP contribution in [0.1, 0.15) is 49.7 Å². The van der Waals surface area contributed by atoms with Crippen molar-refractivity contribution in [2.24, 2.45) is 5.92 Å². The van der Waals surface area contributed by atoms with Gasteiger partial charge in [0.05, 0.1) is 5.69 Å². The van der Waals surface area contributed by atoms with E-state index in [4.69, 9.17) is 0 Å². The number of amides is 1. The van der Waals surface area contributed by atoms with E-state index >= 15 is 0 Å². The number of fused-ring (bicyclic) bond motifs is 1. The number of carbonyl (C=O) groups excluding carboxylic acids is 1. The molecule has 1 fully saturated rings. The number of anilines is 1. The van der Waals surface area contributed by atoms with E-state index in [1.165, 1.54) is 25.7 Å². The largest absolute Gasteiger partial charge is 0.324 e. The Labute approximate surface area is 125 Å². The first-order chi connectivity index (χ1) is 10.2. The molecule has 0 unspecified atom stereocenters. The lowest BCUT2D eigenvalue weighted by atomic mass is 9.99. The van der Waals surface area contributed by atoms with E-state index in [1.807, 2.05) is 6.07 Å². The lowest BCUT2D eigenvalue weighted by Gasteiger charge is -2.19. The maximum atomic E-state index is 14.4. The Bertz CT molecular complexity index is 524. The second-order valence-corrected chi connectivity index (χ2v) is 6.23. The van der Waals surface area contributed by atoms with Gasteiger partial charge in [0, 0.05) is 13.0 Å². The highest BCUT2D eigenvalue weighted by molar-refractivity contribution is 5.91. The van der Waals surface area contributed by atoms with E-state index in [-0.39, 0.29) is 11.7 Å². The number of rotatable bonds is 4. The molecule has 3 nitrogen and oxygen atoms in total. The first-order valence-corrected chi connectivity index (χ1v) is 8.05. The molecule has 0 aromatic heterocycles. The number of halogens is 1. The van der Waals surface area contributed by atoms with Crippen LogP contribution >= 0.6 is 0 Å².